The maximum atomic E-state index is 12.2. The van der Waals surface area contributed by atoms with Gasteiger partial charge in [-0.2, -0.15) is 0 Å². The molecule has 1 amide bonds. The van der Waals surface area contributed by atoms with Crippen molar-refractivity contribution in [2.45, 2.75) is 32.2 Å². The van der Waals surface area contributed by atoms with Gasteiger partial charge in [-0.25, -0.2) is 0 Å². The molecule has 3 rings (SSSR count). The lowest BCUT2D eigenvalue weighted by Crippen LogP contribution is -2.30. The first-order valence-electron chi connectivity index (χ1n) is 8.26. The number of rotatable bonds is 7. The molecule has 0 heterocycles. The Balaban J connectivity index is 1.51. The number of para-hydroxylation sites is 1. The zero-order valence-electron chi connectivity index (χ0n) is 13.5. The predicted molar refractivity (Wildman–Crippen MR) is 91.3 cm³/mol. The van der Waals surface area contributed by atoms with Crippen molar-refractivity contribution in [3.8, 4) is 5.75 Å². The summed E-state index contributed by atoms with van der Waals surface area (Å²) in [4.78, 5) is 12.2. The van der Waals surface area contributed by atoms with Crippen LogP contribution in [0.2, 0.25) is 0 Å². The fraction of sp³-hybridized carbons (Fsp3) is 0.350. The molecule has 2 aromatic carbocycles. The average Bonchev–Trinajstić information content (AvgIpc) is 3.39. The Morgan fingerprint density at radius 1 is 1.13 bits per heavy atom. The minimum absolute atomic E-state index is 0.0541. The third kappa shape index (κ3) is 4.59. The van der Waals surface area contributed by atoms with E-state index in [1.165, 1.54) is 24.0 Å². The van der Waals surface area contributed by atoms with Crippen molar-refractivity contribution in [3.63, 3.8) is 0 Å². The van der Waals surface area contributed by atoms with Gasteiger partial charge in [-0.05, 0) is 43.4 Å². The Hall–Kier alpha value is -2.29. The first-order valence-corrected chi connectivity index (χ1v) is 8.26. The normalized spacial score (nSPS) is 15.0. The number of benzene rings is 2. The Morgan fingerprint density at radius 3 is 2.48 bits per heavy atom. The van der Waals surface area contributed by atoms with Crippen molar-refractivity contribution < 1.29 is 9.53 Å². The number of amides is 1. The minimum atomic E-state index is 0.0541. The highest BCUT2D eigenvalue weighted by Gasteiger charge is 2.33. The molecule has 0 aromatic heterocycles. The summed E-state index contributed by atoms with van der Waals surface area (Å²) in [6, 6.07) is 18.2. The van der Waals surface area contributed by atoms with Crippen LogP contribution in [-0.2, 0) is 4.79 Å². The van der Waals surface area contributed by atoms with Crippen LogP contribution >= 0.6 is 0 Å². The maximum absolute atomic E-state index is 12.2. The van der Waals surface area contributed by atoms with Gasteiger partial charge in [0, 0.05) is 0 Å². The van der Waals surface area contributed by atoms with E-state index in [2.05, 4.69) is 36.5 Å². The van der Waals surface area contributed by atoms with E-state index in [1.807, 2.05) is 30.3 Å². The quantitative estimate of drug-likeness (QED) is 0.838. The minimum Gasteiger partial charge on any atom is -0.493 e. The van der Waals surface area contributed by atoms with Gasteiger partial charge in [-0.15, -0.1) is 0 Å². The average molecular weight is 309 g/mol. The van der Waals surface area contributed by atoms with Gasteiger partial charge in [0.25, 0.3) is 0 Å². The summed E-state index contributed by atoms with van der Waals surface area (Å²) in [7, 11) is 0. The van der Waals surface area contributed by atoms with Crippen LogP contribution < -0.4 is 10.1 Å². The van der Waals surface area contributed by atoms with Gasteiger partial charge in [-0.1, -0.05) is 48.0 Å². The second kappa shape index (κ2) is 7.32. The zero-order chi connectivity index (χ0) is 16.1. The van der Waals surface area contributed by atoms with Crippen LogP contribution in [0.4, 0.5) is 0 Å². The molecule has 0 aliphatic heterocycles. The standard InChI is InChI=1S/C20H23NO2/c1-15-7-9-16(10-8-15)20(17-11-12-17)21-19(22)13-14-23-18-5-3-2-4-6-18/h2-10,17,20H,11-14H2,1H3,(H,21,22). The Bertz CT molecular complexity index is 632. The van der Waals surface area contributed by atoms with Crippen LogP contribution in [0, 0.1) is 12.8 Å². The number of aryl methyl sites for hydroxylation is 1. The third-order valence-corrected chi connectivity index (χ3v) is 4.19. The molecule has 1 unspecified atom stereocenters. The predicted octanol–water partition coefficient (Wildman–Crippen LogP) is 4.03. The van der Waals surface area contributed by atoms with Crippen LogP contribution in [0.5, 0.6) is 5.75 Å². The van der Waals surface area contributed by atoms with Crippen LogP contribution in [-0.4, -0.2) is 12.5 Å². The molecule has 0 saturated heterocycles. The largest absolute Gasteiger partial charge is 0.493 e. The van der Waals surface area contributed by atoms with Gasteiger partial charge in [0.1, 0.15) is 5.75 Å². The van der Waals surface area contributed by atoms with Crippen LogP contribution in [0.15, 0.2) is 54.6 Å². The van der Waals surface area contributed by atoms with Crippen molar-refractivity contribution in [2.75, 3.05) is 6.61 Å². The van der Waals surface area contributed by atoms with E-state index < -0.39 is 0 Å². The first-order chi connectivity index (χ1) is 11.2. The summed E-state index contributed by atoms with van der Waals surface area (Å²) in [6.07, 6.45) is 2.77. The lowest BCUT2D eigenvalue weighted by atomic mass is 10.0. The molecule has 1 saturated carbocycles. The fourth-order valence-electron chi connectivity index (χ4n) is 2.70. The molecular weight excluding hydrogens is 286 g/mol. The van der Waals surface area contributed by atoms with E-state index in [1.54, 1.807) is 0 Å². The molecule has 0 radical (unpaired) electrons. The van der Waals surface area contributed by atoms with Crippen molar-refractivity contribution >= 4 is 5.91 Å². The van der Waals surface area contributed by atoms with Gasteiger partial charge in [0.15, 0.2) is 0 Å². The molecule has 0 spiro atoms. The van der Waals surface area contributed by atoms with E-state index >= 15 is 0 Å². The molecule has 3 nitrogen and oxygen atoms in total. The molecule has 1 aliphatic rings. The summed E-state index contributed by atoms with van der Waals surface area (Å²) in [6.45, 7) is 2.48. The van der Waals surface area contributed by atoms with Crippen molar-refractivity contribution in [3.05, 3.63) is 65.7 Å². The van der Waals surface area contributed by atoms with Gasteiger partial charge in [0.2, 0.25) is 5.91 Å². The summed E-state index contributed by atoms with van der Waals surface area (Å²) >= 11 is 0. The molecular formula is C20H23NO2. The van der Waals surface area contributed by atoms with Crippen LogP contribution in [0.1, 0.15) is 36.4 Å². The van der Waals surface area contributed by atoms with E-state index in [4.69, 9.17) is 4.74 Å². The third-order valence-electron chi connectivity index (χ3n) is 4.19. The topological polar surface area (TPSA) is 38.3 Å². The Morgan fingerprint density at radius 2 is 1.83 bits per heavy atom. The molecule has 2 aromatic rings. The van der Waals surface area contributed by atoms with Gasteiger partial charge in [-0.3, -0.25) is 4.79 Å². The number of hydrogen-bond acceptors (Lipinski definition) is 2. The highest BCUT2D eigenvalue weighted by molar-refractivity contribution is 5.76. The summed E-state index contributed by atoms with van der Waals surface area (Å²) in [5.74, 6) is 1.44. The van der Waals surface area contributed by atoms with Crippen molar-refractivity contribution in [1.29, 1.82) is 0 Å². The van der Waals surface area contributed by atoms with Crippen LogP contribution in [0.25, 0.3) is 0 Å². The summed E-state index contributed by atoms with van der Waals surface area (Å²) in [5.41, 5.74) is 2.45. The number of carbonyl (C=O) groups excluding carboxylic acids is 1. The van der Waals surface area contributed by atoms with Gasteiger partial charge < -0.3 is 10.1 Å². The maximum Gasteiger partial charge on any atom is 0.223 e. The second-order valence-electron chi connectivity index (χ2n) is 6.20. The van der Waals surface area contributed by atoms with E-state index in [0.717, 1.165) is 5.75 Å². The summed E-state index contributed by atoms with van der Waals surface area (Å²) < 4.78 is 5.59. The second-order valence-corrected chi connectivity index (χ2v) is 6.20. The lowest BCUT2D eigenvalue weighted by Gasteiger charge is -2.19. The summed E-state index contributed by atoms with van der Waals surface area (Å²) in [5, 5.41) is 3.18. The molecule has 120 valence electrons. The lowest BCUT2D eigenvalue weighted by molar-refractivity contribution is -0.122. The van der Waals surface area contributed by atoms with Crippen LogP contribution in [0.3, 0.4) is 0 Å². The van der Waals surface area contributed by atoms with Gasteiger partial charge in [0.05, 0.1) is 19.1 Å². The highest BCUT2D eigenvalue weighted by atomic mass is 16.5. The van der Waals surface area contributed by atoms with Gasteiger partial charge >= 0.3 is 0 Å². The SMILES string of the molecule is Cc1ccc(C(NC(=O)CCOc2ccccc2)C2CC2)cc1. The first kappa shape index (κ1) is 15.6. The molecule has 1 atom stereocenters. The monoisotopic (exact) mass is 309 g/mol. The van der Waals surface area contributed by atoms with E-state index in [9.17, 15) is 4.79 Å². The smallest absolute Gasteiger partial charge is 0.223 e. The number of nitrogens with one attached hydrogen (secondary N) is 1. The molecule has 3 heteroatoms. The number of ether oxygens (including phenoxy) is 1. The molecule has 1 N–H and O–H groups in total. The van der Waals surface area contributed by atoms with E-state index in [-0.39, 0.29) is 11.9 Å². The van der Waals surface area contributed by atoms with Crippen molar-refractivity contribution in [2.24, 2.45) is 5.92 Å². The van der Waals surface area contributed by atoms with E-state index in [0.29, 0.717) is 18.9 Å². The molecule has 1 aliphatic carbocycles. The Labute approximate surface area is 137 Å². The fourth-order valence-corrected chi connectivity index (χ4v) is 2.70. The molecule has 23 heavy (non-hydrogen) atoms. The molecule has 0 bridgehead atoms. The molecule has 1 fully saturated rings. The highest BCUT2D eigenvalue weighted by Crippen LogP contribution is 2.41. The Kier molecular flexibility index (Phi) is 4.96. The zero-order valence-corrected chi connectivity index (χ0v) is 13.5. The van der Waals surface area contributed by atoms with Crippen molar-refractivity contribution in [1.82, 2.24) is 5.32 Å². The number of hydrogen-bond donors (Lipinski definition) is 1. The number of carbonyl (C=O) groups is 1.